The van der Waals surface area contributed by atoms with Crippen molar-refractivity contribution in [2.45, 2.75) is 0 Å². The highest BCUT2D eigenvalue weighted by atomic mass is 35.5. The monoisotopic (exact) mass is 320 g/mol. The molecule has 0 aliphatic carbocycles. The summed E-state index contributed by atoms with van der Waals surface area (Å²) in [5.41, 5.74) is 0.0497. The third kappa shape index (κ3) is 3.89. The van der Waals surface area contributed by atoms with Crippen LogP contribution < -0.4 is 5.32 Å². The second-order valence-electron chi connectivity index (χ2n) is 4.27. The van der Waals surface area contributed by atoms with Gasteiger partial charge < -0.3 is 5.32 Å². The minimum Gasteiger partial charge on any atom is -0.320 e. The molecular formula is C15H10ClFN2O3. The molecular weight excluding hydrogens is 311 g/mol. The number of non-ortho nitro benzene ring substituents is 1. The van der Waals surface area contributed by atoms with Gasteiger partial charge in [-0.1, -0.05) is 29.8 Å². The van der Waals surface area contributed by atoms with Gasteiger partial charge in [-0.25, -0.2) is 4.39 Å². The fourth-order valence-electron chi connectivity index (χ4n) is 1.67. The zero-order valence-corrected chi connectivity index (χ0v) is 11.9. The molecule has 0 heterocycles. The van der Waals surface area contributed by atoms with E-state index in [1.54, 1.807) is 24.3 Å². The van der Waals surface area contributed by atoms with Gasteiger partial charge in [0.2, 0.25) is 5.91 Å². The number of anilines is 1. The van der Waals surface area contributed by atoms with Crippen LogP contribution in [-0.2, 0) is 4.79 Å². The molecule has 1 amide bonds. The van der Waals surface area contributed by atoms with E-state index in [-0.39, 0.29) is 11.4 Å². The van der Waals surface area contributed by atoms with Crippen LogP contribution in [0.25, 0.3) is 6.08 Å². The van der Waals surface area contributed by atoms with E-state index in [1.165, 1.54) is 12.2 Å². The lowest BCUT2D eigenvalue weighted by molar-refractivity contribution is -0.384. The predicted octanol–water partition coefficient (Wildman–Crippen LogP) is 4.04. The summed E-state index contributed by atoms with van der Waals surface area (Å²) in [6, 6.07) is 9.77. The Morgan fingerprint density at radius 1 is 1.27 bits per heavy atom. The Hall–Kier alpha value is -2.73. The third-order valence-electron chi connectivity index (χ3n) is 2.74. The average molecular weight is 321 g/mol. The summed E-state index contributed by atoms with van der Waals surface area (Å²) in [7, 11) is 0. The zero-order valence-electron chi connectivity index (χ0n) is 11.1. The van der Waals surface area contributed by atoms with E-state index in [0.29, 0.717) is 10.6 Å². The number of benzene rings is 2. The highest BCUT2D eigenvalue weighted by Gasteiger charge is 2.12. The SMILES string of the molecule is O=C(C=Cc1ccccc1Cl)Nc1cc([N+](=O)[O-])ccc1F. The number of amides is 1. The average Bonchev–Trinajstić information content (AvgIpc) is 2.48. The van der Waals surface area contributed by atoms with E-state index in [4.69, 9.17) is 11.6 Å². The lowest BCUT2D eigenvalue weighted by atomic mass is 10.2. The third-order valence-corrected chi connectivity index (χ3v) is 3.08. The standard InChI is InChI=1S/C15H10ClFN2O3/c16-12-4-2-1-3-10(12)5-8-15(20)18-14-9-11(19(21)22)6-7-13(14)17/h1-9H,(H,18,20). The highest BCUT2D eigenvalue weighted by Crippen LogP contribution is 2.21. The first kappa shape index (κ1) is 15.7. The molecule has 5 nitrogen and oxygen atoms in total. The van der Waals surface area contributed by atoms with Crippen molar-refractivity contribution in [2.75, 3.05) is 5.32 Å². The Kier molecular flexibility index (Phi) is 4.85. The maximum absolute atomic E-state index is 13.5. The summed E-state index contributed by atoms with van der Waals surface area (Å²) < 4.78 is 13.5. The molecule has 2 aromatic carbocycles. The number of nitro benzene ring substituents is 1. The first-order valence-corrected chi connectivity index (χ1v) is 6.52. The molecule has 1 N–H and O–H groups in total. The largest absolute Gasteiger partial charge is 0.320 e. The summed E-state index contributed by atoms with van der Waals surface area (Å²) in [4.78, 5) is 21.7. The second kappa shape index (κ2) is 6.82. The van der Waals surface area contributed by atoms with Gasteiger partial charge in [0.15, 0.2) is 0 Å². The summed E-state index contributed by atoms with van der Waals surface area (Å²) in [5.74, 6) is -1.38. The molecule has 2 rings (SSSR count). The smallest absolute Gasteiger partial charge is 0.271 e. The van der Waals surface area contributed by atoms with Gasteiger partial charge in [-0.3, -0.25) is 14.9 Å². The number of nitrogens with zero attached hydrogens (tertiary/aromatic N) is 1. The number of nitrogens with one attached hydrogen (secondary N) is 1. The van der Waals surface area contributed by atoms with E-state index in [1.807, 2.05) is 0 Å². The number of carbonyl (C=O) groups excluding carboxylic acids is 1. The van der Waals surface area contributed by atoms with E-state index in [0.717, 1.165) is 18.2 Å². The van der Waals surface area contributed by atoms with Gasteiger partial charge in [0.05, 0.1) is 10.6 Å². The van der Waals surface area contributed by atoms with E-state index < -0.39 is 16.6 Å². The normalized spacial score (nSPS) is 10.6. The Morgan fingerprint density at radius 2 is 2.00 bits per heavy atom. The molecule has 0 bridgehead atoms. The molecule has 0 fully saturated rings. The summed E-state index contributed by atoms with van der Waals surface area (Å²) in [6.45, 7) is 0. The van der Waals surface area contributed by atoms with Crippen LogP contribution >= 0.6 is 11.6 Å². The van der Waals surface area contributed by atoms with E-state index in [9.17, 15) is 19.3 Å². The van der Waals surface area contributed by atoms with Gasteiger partial charge in [-0.05, 0) is 23.8 Å². The van der Waals surface area contributed by atoms with E-state index >= 15 is 0 Å². The van der Waals surface area contributed by atoms with Crippen LogP contribution in [-0.4, -0.2) is 10.8 Å². The van der Waals surface area contributed by atoms with Gasteiger partial charge in [0.1, 0.15) is 5.82 Å². The van der Waals surface area contributed by atoms with Crippen LogP contribution in [0.1, 0.15) is 5.56 Å². The van der Waals surface area contributed by atoms with Gasteiger partial charge in [0, 0.05) is 23.2 Å². The molecule has 112 valence electrons. The minimum absolute atomic E-state index is 0.261. The molecule has 7 heteroatoms. The van der Waals surface area contributed by atoms with Gasteiger partial charge >= 0.3 is 0 Å². The number of hydrogen-bond donors (Lipinski definition) is 1. The molecule has 0 spiro atoms. The molecule has 0 atom stereocenters. The van der Waals surface area contributed by atoms with Gasteiger partial charge in [0.25, 0.3) is 5.69 Å². The van der Waals surface area contributed by atoms with Crippen molar-refractivity contribution in [3.05, 3.63) is 75.1 Å². The summed E-state index contributed by atoms with van der Waals surface area (Å²) in [6.07, 6.45) is 2.63. The molecule has 2 aromatic rings. The maximum Gasteiger partial charge on any atom is 0.271 e. The van der Waals surface area contributed by atoms with Crippen molar-refractivity contribution in [3.8, 4) is 0 Å². The molecule has 0 radical (unpaired) electrons. The Bertz CT molecular complexity index is 762. The predicted molar refractivity (Wildman–Crippen MR) is 82.2 cm³/mol. The quantitative estimate of drug-likeness (QED) is 0.525. The number of hydrogen-bond acceptors (Lipinski definition) is 3. The number of nitro groups is 1. The lowest BCUT2D eigenvalue weighted by Gasteiger charge is -2.03. The Labute approximate surface area is 130 Å². The molecule has 0 aromatic heterocycles. The zero-order chi connectivity index (χ0) is 16.1. The van der Waals surface area contributed by atoms with Crippen LogP contribution in [0.3, 0.4) is 0 Å². The van der Waals surface area contributed by atoms with Gasteiger partial charge in [-0.2, -0.15) is 0 Å². The Morgan fingerprint density at radius 3 is 2.68 bits per heavy atom. The van der Waals surface area contributed by atoms with Crippen LogP contribution in [0.4, 0.5) is 15.8 Å². The van der Waals surface area contributed by atoms with E-state index in [2.05, 4.69) is 5.32 Å². The maximum atomic E-state index is 13.5. The van der Waals surface area contributed by atoms with Gasteiger partial charge in [-0.15, -0.1) is 0 Å². The second-order valence-corrected chi connectivity index (χ2v) is 4.67. The van der Waals surface area contributed by atoms with Crippen molar-refractivity contribution in [3.63, 3.8) is 0 Å². The first-order chi connectivity index (χ1) is 10.5. The Balaban J connectivity index is 2.14. The van der Waals surface area contributed by atoms with Crippen LogP contribution in [0, 0.1) is 15.9 Å². The minimum atomic E-state index is -0.759. The summed E-state index contributed by atoms with van der Waals surface area (Å²) in [5, 5.41) is 13.4. The first-order valence-electron chi connectivity index (χ1n) is 6.15. The van der Waals surface area contributed by atoms with Crippen molar-refractivity contribution < 1.29 is 14.1 Å². The summed E-state index contributed by atoms with van der Waals surface area (Å²) >= 11 is 5.93. The molecule has 0 unspecified atom stereocenters. The van der Waals surface area contributed by atoms with Crippen molar-refractivity contribution >= 4 is 35.0 Å². The van der Waals surface area contributed by atoms with Crippen molar-refractivity contribution in [2.24, 2.45) is 0 Å². The molecule has 0 saturated heterocycles. The van der Waals surface area contributed by atoms with Crippen molar-refractivity contribution in [1.29, 1.82) is 0 Å². The fourth-order valence-corrected chi connectivity index (χ4v) is 1.87. The fraction of sp³-hybridized carbons (Fsp3) is 0. The van der Waals surface area contributed by atoms with Crippen molar-refractivity contribution in [1.82, 2.24) is 0 Å². The van der Waals surface area contributed by atoms with Crippen LogP contribution in [0.5, 0.6) is 0 Å². The molecule has 0 aliphatic rings. The molecule has 22 heavy (non-hydrogen) atoms. The molecule has 0 saturated carbocycles. The number of carbonyl (C=O) groups is 1. The van der Waals surface area contributed by atoms with Crippen LogP contribution in [0.2, 0.25) is 5.02 Å². The van der Waals surface area contributed by atoms with Crippen LogP contribution in [0.15, 0.2) is 48.5 Å². The molecule has 0 aliphatic heterocycles. The topological polar surface area (TPSA) is 72.2 Å². The highest BCUT2D eigenvalue weighted by molar-refractivity contribution is 6.32. The number of halogens is 2. The lowest BCUT2D eigenvalue weighted by Crippen LogP contribution is -2.09. The number of rotatable bonds is 4.